The lowest BCUT2D eigenvalue weighted by molar-refractivity contribution is -0.151. The fourth-order valence-corrected chi connectivity index (χ4v) is 3.62. The van der Waals surface area contributed by atoms with Crippen molar-refractivity contribution in [1.29, 1.82) is 0 Å². The van der Waals surface area contributed by atoms with Crippen LogP contribution < -0.4 is 10.1 Å². The third-order valence-electron chi connectivity index (χ3n) is 5.01. The molecular formula is C21H21NO5. The molecule has 0 spiro atoms. The number of carbonyl (C=O) groups is 2. The van der Waals surface area contributed by atoms with Crippen LogP contribution in [0.1, 0.15) is 25.7 Å². The van der Waals surface area contributed by atoms with Gasteiger partial charge in [0, 0.05) is 16.8 Å². The Hall–Kier alpha value is -3.02. The van der Waals surface area contributed by atoms with Gasteiger partial charge in [0.15, 0.2) is 6.61 Å². The number of benzene rings is 2. The summed E-state index contributed by atoms with van der Waals surface area (Å²) >= 11 is 0. The van der Waals surface area contributed by atoms with Gasteiger partial charge in [0.1, 0.15) is 16.9 Å². The number of hydrogen-bond acceptors (Lipinski definition) is 5. The van der Waals surface area contributed by atoms with Crippen molar-refractivity contribution in [2.24, 2.45) is 5.92 Å². The van der Waals surface area contributed by atoms with Crippen LogP contribution in [0.5, 0.6) is 5.75 Å². The number of para-hydroxylation sites is 1. The highest BCUT2D eigenvalue weighted by molar-refractivity contribution is 6.07. The number of hydrogen-bond donors (Lipinski definition) is 1. The molecule has 1 saturated carbocycles. The largest absolute Gasteiger partial charge is 0.495 e. The smallest absolute Gasteiger partial charge is 0.309 e. The van der Waals surface area contributed by atoms with E-state index in [0.717, 1.165) is 42.0 Å². The zero-order valence-electron chi connectivity index (χ0n) is 15.1. The number of furan rings is 1. The predicted octanol–water partition coefficient (Wildman–Crippen LogP) is 4.27. The SMILES string of the molecule is COc1cc2c(cc1NC(=O)COC(=O)C1CCCC1)oc1ccccc12. The van der Waals surface area contributed by atoms with Gasteiger partial charge < -0.3 is 19.2 Å². The maximum atomic E-state index is 12.2. The number of rotatable bonds is 5. The van der Waals surface area contributed by atoms with Gasteiger partial charge in [-0.25, -0.2) is 0 Å². The second-order valence-corrected chi connectivity index (χ2v) is 6.78. The molecular weight excluding hydrogens is 346 g/mol. The van der Waals surface area contributed by atoms with Gasteiger partial charge in [-0.1, -0.05) is 31.0 Å². The second kappa shape index (κ2) is 7.31. The molecule has 6 heteroatoms. The van der Waals surface area contributed by atoms with Gasteiger partial charge in [0.25, 0.3) is 5.91 Å². The summed E-state index contributed by atoms with van der Waals surface area (Å²) in [6.45, 7) is -0.309. The van der Waals surface area contributed by atoms with Crippen LogP contribution >= 0.6 is 0 Å². The molecule has 0 atom stereocenters. The molecule has 140 valence electrons. The zero-order valence-corrected chi connectivity index (χ0v) is 15.1. The van der Waals surface area contributed by atoms with Gasteiger partial charge >= 0.3 is 5.97 Å². The monoisotopic (exact) mass is 367 g/mol. The molecule has 0 bridgehead atoms. The van der Waals surface area contributed by atoms with E-state index in [9.17, 15) is 9.59 Å². The first-order valence-corrected chi connectivity index (χ1v) is 9.11. The average Bonchev–Trinajstić information content (AvgIpc) is 3.33. The van der Waals surface area contributed by atoms with E-state index in [1.807, 2.05) is 30.3 Å². The van der Waals surface area contributed by atoms with Crippen LogP contribution in [0.2, 0.25) is 0 Å². The molecule has 27 heavy (non-hydrogen) atoms. The van der Waals surface area contributed by atoms with Crippen LogP contribution in [0.4, 0.5) is 5.69 Å². The van der Waals surface area contributed by atoms with E-state index in [1.165, 1.54) is 0 Å². The summed E-state index contributed by atoms with van der Waals surface area (Å²) < 4.78 is 16.4. The number of amides is 1. The molecule has 2 aromatic carbocycles. The number of carbonyl (C=O) groups excluding carboxylic acids is 2. The summed E-state index contributed by atoms with van der Waals surface area (Å²) in [5.41, 5.74) is 1.89. The van der Waals surface area contributed by atoms with Crippen molar-refractivity contribution in [3.05, 3.63) is 36.4 Å². The fraction of sp³-hybridized carbons (Fsp3) is 0.333. The van der Waals surface area contributed by atoms with E-state index in [4.69, 9.17) is 13.9 Å². The normalized spacial score (nSPS) is 14.6. The lowest BCUT2D eigenvalue weighted by Crippen LogP contribution is -2.24. The molecule has 6 nitrogen and oxygen atoms in total. The Morgan fingerprint density at radius 1 is 1.11 bits per heavy atom. The van der Waals surface area contributed by atoms with Gasteiger partial charge in [0.05, 0.1) is 18.7 Å². The molecule has 1 N–H and O–H groups in total. The number of nitrogens with one attached hydrogen (secondary N) is 1. The van der Waals surface area contributed by atoms with Crippen LogP contribution in [0.25, 0.3) is 21.9 Å². The highest BCUT2D eigenvalue weighted by Crippen LogP contribution is 2.36. The molecule has 4 rings (SSSR count). The Morgan fingerprint density at radius 2 is 1.89 bits per heavy atom. The Kier molecular flexibility index (Phi) is 4.71. The highest BCUT2D eigenvalue weighted by atomic mass is 16.5. The van der Waals surface area contributed by atoms with Crippen LogP contribution in [0.15, 0.2) is 40.8 Å². The minimum absolute atomic E-state index is 0.0702. The van der Waals surface area contributed by atoms with Crippen molar-refractivity contribution >= 4 is 39.5 Å². The minimum Gasteiger partial charge on any atom is -0.495 e. The van der Waals surface area contributed by atoms with Crippen LogP contribution in [0.3, 0.4) is 0 Å². The molecule has 1 amide bonds. The maximum Gasteiger partial charge on any atom is 0.309 e. The number of esters is 1. The number of anilines is 1. The molecule has 0 unspecified atom stereocenters. The molecule has 1 aromatic heterocycles. The third-order valence-corrected chi connectivity index (χ3v) is 5.01. The van der Waals surface area contributed by atoms with E-state index < -0.39 is 5.91 Å². The molecule has 1 aliphatic carbocycles. The summed E-state index contributed by atoms with van der Waals surface area (Å²) in [6, 6.07) is 11.3. The average molecular weight is 367 g/mol. The molecule has 0 saturated heterocycles. The first-order valence-electron chi connectivity index (χ1n) is 9.11. The third kappa shape index (κ3) is 3.47. The Morgan fingerprint density at radius 3 is 2.67 bits per heavy atom. The lowest BCUT2D eigenvalue weighted by Gasteiger charge is -2.12. The minimum atomic E-state index is -0.407. The first kappa shape index (κ1) is 17.4. The lowest BCUT2D eigenvalue weighted by atomic mass is 10.1. The number of methoxy groups -OCH3 is 1. The summed E-state index contributed by atoms with van der Waals surface area (Å²) in [4.78, 5) is 24.2. The summed E-state index contributed by atoms with van der Waals surface area (Å²) in [5.74, 6) is -0.249. The van der Waals surface area contributed by atoms with Gasteiger partial charge in [0.2, 0.25) is 0 Å². The van der Waals surface area contributed by atoms with E-state index in [0.29, 0.717) is 17.0 Å². The van der Waals surface area contributed by atoms with Gasteiger partial charge in [-0.05, 0) is 25.0 Å². The van der Waals surface area contributed by atoms with Crippen LogP contribution in [-0.4, -0.2) is 25.6 Å². The second-order valence-electron chi connectivity index (χ2n) is 6.78. The Balaban J connectivity index is 1.51. The van der Waals surface area contributed by atoms with E-state index in [1.54, 1.807) is 13.2 Å². The molecule has 0 aliphatic heterocycles. The fourth-order valence-electron chi connectivity index (χ4n) is 3.62. The van der Waals surface area contributed by atoms with Gasteiger partial charge in [-0.2, -0.15) is 0 Å². The van der Waals surface area contributed by atoms with Crippen molar-refractivity contribution < 1.29 is 23.5 Å². The van der Waals surface area contributed by atoms with E-state index in [2.05, 4.69) is 5.32 Å². The van der Waals surface area contributed by atoms with Crippen LogP contribution in [-0.2, 0) is 14.3 Å². The Labute approximate surface area is 156 Å². The first-order chi connectivity index (χ1) is 13.2. The molecule has 0 radical (unpaired) electrons. The number of fused-ring (bicyclic) bond motifs is 3. The molecule has 1 fully saturated rings. The zero-order chi connectivity index (χ0) is 18.8. The van der Waals surface area contributed by atoms with Gasteiger partial charge in [-0.3, -0.25) is 9.59 Å². The molecule has 1 aliphatic rings. The maximum absolute atomic E-state index is 12.2. The summed E-state index contributed by atoms with van der Waals surface area (Å²) in [5, 5.41) is 4.63. The standard InChI is InChI=1S/C21H21NO5/c1-25-19-10-15-14-8-4-5-9-17(14)27-18(15)11-16(19)22-20(23)12-26-21(24)13-6-2-3-7-13/h4-5,8-11,13H,2-3,6-7,12H2,1H3,(H,22,23). The summed E-state index contributed by atoms with van der Waals surface area (Å²) in [7, 11) is 1.54. The topological polar surface area (TPSA) is 77.8 Å². The van der Waals surface area contributed by atoms with Crippen molar-refractivity contribution in [3.63, 3.8) is 0 Å². The van der Waals surface area contributed by atoms with E-state index >= 15 is 0 Å². The van der Waals surface area contributed by atoms with Crippen molar-refractivity contribution in [2.75, 3.05) is 19.0 Å². The van der Waals surface area contributed by atoms with Crippen molar-refractivity contribution in [1.82, 2.24) is 0 Å². The van der Waals surface area contributed by atoms with Crippen molar-refractivity contribution in [3.8, 4) is 5.75 Å². The quantitative estimate of drug-likeness (QED) is 0.682. The molecule has 3 aromatic rings. The van der Waals surface area contributed by atoms with Gasteiger partial charge in [-0.15, -0.1) is 0 Å². The predicted molar refractivity (Wildman–Crippen MR) is 102 cm³/mol. The Bertz CT molecular complexity index is 1000. The number of ether oxygens (including phenoxy) is 2. The van der Waals surface area contributed by atoms with Crippen LogP contribution in [0, 0.1) is 5.92 Å². The summed E-state index contributed by atoms with van der Waals surface area (Å²) in [6.07, 6.45) is 3.77. The highest BCUT2D eigenvalue weighted by Gasteiger charge is 2.24. The molecule has 1 heterocycles. The van der Waals surface area contributed by atoms with E-state index in [-0.39, 0.29) is 18.5 Å². The van der Waals surface area contributed by atoms with Crippen molar-refractivity contribution in [2.45, 2.75) is 25.7 Å².